The summed E-state index contributed by atoms with van der Waals surface area (Å²) in [5, 5.41) is 3.88. The molecule has 0 saturated heterocycles. The Balaban J connectivity index is 2.12. The van der Waals surface area contributed by atoms with Crippen LogP contribution >= 0.6 is 0 Å². The third kappa shape index (κ3) is 4.65. The van der Waals surface area contributed by atoms with Gasteiger partial charge in [-0.05, 0) is 18.4 Å². The van der Waals surface area contributed by atoms with Crippen LogP contribution < -0.4 is 0 Å². The Morgan fingerprint density at radius 1 is 1.29 bits per heavy atom. The number of benzene rings is 1. The van der Waals surface area contributed by atoms with Gasteiger partial charge < -0.3 is 4.84 Å². The molecular formula is C12H17NO. The summed E-state index contributed by atoms with van der Waals surface area (Å²) in [4.78, 5) is 5.14. The van der Waals surface area contributed by atoms with Gasteiger partial charge in [0.1, 0.15) is 6.61 Å². The molecule has 0 fully saturated rings. The molecule has 2 heteroatoms. The van der Waals surface area contributed by atoms with Crippen LogP contribution in [-0.4, -0.2) is 6.21 Å². The molecule has 0 aromatic heterocycles. The first-order valence-corrected chi connectivity index (χ1v) is 5.11. The first-order chi connectivity index (χ1) is 6.93. The standard InChI is InChI=1S/C12H17NO/c1-2-3-7-10-13-14-11-12-8-5-4-6-9-12/h4-6,8-10H,2-3,7,11H2,1H3/b13-10+. The van der Waals surface area contributed by atoms with E-state index in [1.54, 1.807) is 0 Å². The molecule has 0 saturated carbocycles. The second-order valence-electron chi connectivity index (χ2n) is 3.19. The number of rotatable bonds is 6. The van der Waals surface area contributed by atoms with Gasteiger partial charge in [0, 0.05) is 6.21 Å². The van der Waals surface area contributed by atoms with Gasteiger partial charge in [-0.25, -0.2) is 0 Å². The smallest absolute Gasteiger partial charge is 0.142 e. The van der Waals surface area contributed by atoms with Crippen LogP contribution in [-0.2, 0) is 11.4 Å². The van der Waals surface area contributed by atoms with Gasteiger partial charge in [0.15, 0.2) is 0 Å². The van der Waals surface area contributed by atoms with Crippen LogP contribution in [0.2, 0.25) is 0 Å². The van der Waals surface area contributed by atoms with E-state index < -0.39 is 0 Å². The number of nitrogens with zero attached hydrogens (tertiary/aromatic N) is 1. The van der Waals surface area contributed by atoms with Crippen LogP contribution in [0.15, 0.2) is 35.5 Å². The highest BCUT2D eigenvalue weighted by Gasteiger charge is 1.88. The van der Waals surface area contributed by atoms with Crippen molar-refractivity contribution in [3.8, 4) is 0 Å². The molecule has 2 nitrogen and oxygen atoms in total. The highest BCUT2D eigenvalue weighted by atomic mass is 16.6. The fourth-order valence-corrected chi connectivity index (χ4v) is 1.09. The van der Waals surface area contributed by atoms with Gasteiger partial charge in [0.2, 0.25) is 0 Å². The van der Waals surface area contributed by atoms with E-state index >= 15 is 0 Å². The fraction of sp³-hybridized carbons (Fsp3) is 0.417. The van der Waals surface area contributed by atoms with Crippen molar-refractivity contribution in [3.05, 3.63) is 35.9 Å². The summed E-state index contributed by atoms with van der Waals surface area (Å²) in [7, 11) is 0. The van der Waals surface area contributed by atoms with E-state index in [0.29, 0.717) is 6.61 Å². The molecule has 0 amide bonds. The van der Waals surface area contributed by atoms with E-state index in [0.717, 1.165) is 12.0 Å². The topological polar surface area (TPSA) is 21.6 Å². The lowest BCUT2D eigenvalue weighted by atomic mass is 10.2. The minimum absolute atomic E-state index is 0.559. The van der Waals surface area contributed by atoms with Crippen molar-refractivity contribution in [1.82, 2.24) is 0 Å². The Hall–Kier alpha value is -1.31. The molecule has 0 heterocycles. The first-order valence-electron chi connectivity index (χ1n) is 5.11. The van der Waals surface area contributed by atoms with Crippen LogP contribution in [0.25, 0.3) is 0 Å². The maximum absolute atomic E-state index is 5.14. The Morgan fingerprint density at radius 3 is 2.79 bits per heavy atom. The molecule has 0 bridgehead atoms. The normalized spacial score (nSPS) is 10.6. The lowest BCUT2D eigenvalue weighted by Gasteiger charge is -1.98. The number of hydrogen-bond donors (Lipinski definition) is 0. The molecule has 0 aliphatic heterocycles. The summed E-state index contributed by atoms with van der Waals surface area (Å²) < 4.78 is 0. The van der Waals surface area contributed by atoms with Crippen LogP contribution in [0.1, 0.15) is 31.7 Å². The summed E-state index contributed by atoms with van der Waals surface area (Å²) in [6.45, 7) is 2.72. The Morgan fingerprint density at radius 2 is 2.07 bits per heavy atom. The zero-order valence-electron chi connectivity index (χ0n) is 8.65. The van der Waals surface area contributed by atoms with E-state index in [2.05, 4.69) is 12.1 Å². The minimum Gasteiger partial charge on any atom is -0.391 e. The summed E-state index contributed by atoms with van der Waals surface area (Å²) in [5.41, 5.74) is 1.15. The molecule has 1 aromatic carbocycles. The van der Waals surface area contributed by atoms with Crippen molar-refractivity contribution < 1.29 is 4.84 Å². The first kappa shape index (κ1) is 10.8. The lowest BCUT2D eigenvalue weighted by molar-refractivity contribution is 0.131. The molecule has 14 heavy (non-hydrogen) atoms. The van der Waals surface area contributed by atoms with Crippen molar-refractivity contribution in [2.24, 2.45) is 5.16 Å². The fourth-order valence-electron chi connectivity index (χ4n) is 1.09. The van der Waals surface area contributed by atoms with Crippen molar-refractivity contribution in [3.63, 3.8) is 0 Å². The van der Waals surface area contributed by atoms with Gasteiger partial charge in [-0.1, -0.05) is 48.8 Å². The lowest BCUT2D eigenvalue weighted by Crippen LogP contribution is -1.86. The predicted molar refractivity (Wildman–Crippen MR) is 59.2 cm³/mol. The molecule has 0 aliphatic rings. The van der Waals surface area contributed by atoms with Crippen LogP contribution in [0.4, 0.5) is 0 Å². The average molecular weight is 191 g/mol. The molecule has 1 rings (SSSR count). The molecule has 0 atom stereocenters. The van der Waals surface area contributed by atoms with Crippen molar-refractivity contribution >= 4 is 6.21 Å². The maximum atomic E-state index is 5.14. The number of oxime groups is 1. The minimum atomic E-state index is 0.559. The second-order valence-corrected chi connectivity index (χ2v) is 3.19. The van der Waals surface area contributed by atoms with Crippen LogP contribution in [0.3, 0.4) is 0 Å². The molecule has 0 radical (unpaired) electrons. The Kier molecular flexibility index (Phi) is 5.48. The van der Waals surface area contributed by atoms with Crippen molar-refractivity contribution in [2.45, 2.75) is 32.8 Å². The van der Waals surface area contributed by atoms with Gasteiger partial charge in [-0.3, -0.25) is 0 Å². The van der Waals surface area contributed by atoms with Crippen molar-refractivity contribution in [1.29, 1.82) is 0 Å². The van der Waals surface area contributed by atoms with Crippen LogP contribution in [0.5, 0.6) is 0 Å². The number of hydrogen-bond acceptors (Lipinski definition) is 2. The predicted octanol–water partition coefficient (Wildman–Crippen LogP) is 3.38. The third-order valence-electron chi connectivity index (χ3n) is 1.91. The number of unbranched alkanes of at least 4 members (excludes halogenated alkanes) is 2. The Bertz CT molecular complexity index is 256. The zero-order valence-corrected chi connectivity index (χ0v) is 8.65. The summed E-state index contributed by atoms with van der Waals surface area (Å²) in [6.07, 6.45) is 5.22. The largest absolute Gasteiger partial charge is 0.391 e. The summed E-state index contributed by atoms with van der Waals surface area (Å²) in [5.74, 6) is 0. The van der Waals surface area contributed by atoms with Gasteiger partial charge in [-0.2, -0.15) is 0 Å². The summed E-state index contributed by atoms with van der Waals surface area (Å²) in [6, 6.07) is 10.1. The van der Waals surface area contributed by atoms with E-state index in [-0.39, 0.29) is 0 Å². The zero-order chi connectivity index (χ0) is 10.1. The maximum Gasteiger partial charge on any atom is 0.142 e. The molecule has 76 valence electrons. The van der Waals surface area contributed by atoms with E-state index in [4.69, 9.17) is 4.84 Å². The van der Waals surface area contributed by atoms with Gasteiger partial charge in [0.25, 0.3) is 0 Å². The van der Waals surface area contributed by atoms with Gasteiger partial charge >= 0.3 is 0 Å². The summed E-state index contributed by atoms with van der Waals surface area (Å²) >= 11 is 0. The molecule has 0 spiro atoms. The molecule has 0 unspecified atom stereocenters. The molecule has 0 N–H and O–H groups in total. The average Bonchev–Trinajstić information content (AvgIpc) is 2.25. The van der Waals surface area contributed by atoms with E-state index in [9.17, 15) is 0 Å². The second kappa shape index (κ2) is 7.13. The molecular weight excluding hydrogens is 174 g/mol. The van der Waals surface area contributed by atoms with E-state index in [1.807, 2.05) is 36.5 Å². The molecule has 0 aliphatic carbocycles. The highest BCUT2D eigenvalue weighted by molar-refractivity contribution is 5.56. The monoisotopic (exact) mass is 191 g/mol. The Labute approximate surface area is 85.6 Å². The van der Waals surface area contributed by atoms with E-state index in [1.165, 1.54) is 12.8 Å². The highest BCUT2D eigenvalue weighted by Crippen LogP contribution is 2.00. The van der Waals surface area contributed by atoms with Crippen molar-refractivity contribution in [2.75, 3.05) is 0 Å². The molecule has 1 aromatic rings. The third-order valence-corrected chi connectivity index (χ3v) is 1.91. The van der Waals surface area contributed by atoms with Gasteiger partial charge in [0.05, 0.1) is 0 Å². The SMILES string of the molecule is CCCC/C=N/OCc1ccccc1. The van der Waals surface area contributed by atoms with Crippen LogP contribution in [0, 0.1) is 0 Å². The van der Waals surface area contributed by atoms with Gasteiger partial charge in [-0.15, -0.1) is 0 Å². The quantitative estimate of drug-likeness (QED) is 0.384.